The van der Waals surface area contributed by atoms with E-state index in [9.17, 15) is 10.2 Å². The standard InChI is InChI=1S/2C7H14O4.2C6H12O6.2CH4/c2*8-3-4-1-2-5(9)7(11)6(4)10;2*7-1-2-3(8)4(9)5(10)6(11)12-2;;/h2*4-11H,1-3H2;2*2-11H,1H2;2*1H4/t2*4-,5+,6-,7-;2*2-,3-,4+,5-,6?;;/m1010../s1. The summed E-state index contributed by atoms with van der Waals surface area (Å²) in [7, 11) is 0. The number of aliphatic hydroxyl groups excluding tert-OH is 18. The molecule has 18 N–H and O–H groups in total. The monoisotopic (exact) mass is 716 g/mol. The summed E-state index contributed by atoms with van der Waals surface area (Å²) in [6, 6.07) is 0. The van der Waals surface area contributed by atoms with Gasteiger partial charge in [-0.25, -0.2) is 0 Å². The average molecular weight is 717 g/mol. The van der Waals surface area contributed by atoms with Gasteiger partial charge in [0.15, 0.2) is 12.6 Å². The molecular formula is C28H60O20. The van der Waals surface area contributed by atoms with Crippen molar-refractivity contribution in [2.24, 2.45) is 11.8 Å². The molecule has 48 heavy (non-hydrogen) atoms. The van der Waals surface area contributed by atoms with E-state index in [0.29, 0.717) is 25.7 Å². The maximum Gasteiger partial charge on any atom is 0.184 e. The van der Waals surface area contributed by atoms with Crippen LogP contribution in [-0.2, 0) is 9.47 Å². The van der Waals surface area contributed by atoms with Crippen molar-refractivity contribution in [1.82, 2.24) is 0 Å². The molecule has 292 valence electrons. The summed E-state index contributed by atoms with van der Waals surface area (Å²) in [5, 5.41) is 162. The van der Waals surface area contributed by atoms with Crippen LogP contribution in [0.25, 0.3) is 0 Å². The summed E-state index contributed by atoms with van der Waals surface area (Å²) in [6.07, 6.45) is -17.9. The summed E-state index contributed by atoms with van der Waals surface area (Å²) in [5.74, 6) is -0.568. The Labute approximate surface area is 278 Å². The number of ether oxygens (including phenoxy) is 2. The minimum Gasteiger partial charge on any atom is -0.396 e. The van der Waals surface area contributed by atoms with Crippen LogP contribution in [0.4, 0.5) is 0 Å². The van der Waals surface area contributed by atoms with E-state index < -0.39 is 111 Å². The molecule has 0 bridgehead atoms. The van der Waals surface area contributed by atoms with Crippen molar-refractivity contribution in [3.63, 3.8) is 0 Å². The highest BCUT2D eigenvalue weighted by molar-refractivity contribution is 4.89. The van der Waals surface area contributed by atoms with Crippen molar-refractivity contribution in [3.8, 4) is 0 Å². The lowest BCUT2D eigenvalue weighted by atomic mass is 9.83. The van der Waals surface area contributed by atoms with Crippen molar-refractivity contribution in [1.29, 1.82) is 0 Å². The molecule has 0 aromatic heterocycles. The fourth-order valence-electron chi connectivity index (χ4n) is 5.03. The molecule has 4 rings (SSSR count). The van der Waals surface area contributed by atoms with Gasteiger partial charge in [0.1, 0.15) is 61.0 Å². The molecule has 4 aliphatic rings. The molecule has 2 aliphatic heterocycles. The molecule has 0 aromatic rings. The molecule has 2 heterocycles. The lowest BCUT2D eigenvalue weighted by Gasteiger charge is -2.37. The summed E-state index contributed by atoms with van der Waals surface area (Å²) < 4.78 is 9.15. The van der Waals surface area contributed by atoms with Gasteiger partial charge in [-0.3, -0.25) is 0 Å². The van der Waals surface area contributed by atoms with Gasteiger partial charge in [-0.1, -0.05) is 14.9 Å². The topological polar surface area (TPSA) is 383 Å². The summed E-state index contributed by atoms with van der Waals surface area (Å²) >= 11 is 0. The minimum absolute atomic E-state index is 0. The van der Waals surface area contributed by atoms with Gasteiger partial charge in [-0.2, -0.15) is 0 Å². The third-order valence-electron chi connectivity index (χ3n) is 8.32. The fourth-order valence-corrected chi connectivity index (χ4v) is 5.03. The van der Waals surface area contributed by atoms with E-state index in [1.54, 1.807) is 0 Å². The van der Waals surface area contributed by atoms with E-state index >= 15 is 0 Å². The van der Waals surface area contributed by atoms with Crippen molar-refractivity contribution in [2.75, 3.05) is 26.4 Å². The fraction of sp³-hybridized carbons (Fsp3) is 1.00. The van der Waals surface area contributed by atoms with Gasteiger partial charge in [-0.15, -0.1) is 0 Å². The molecule has 0 amide bonds. The lowest BCUT2D eigenvalue weighted by molar-refractivity contribution is -0.286. The van der Waals surface area contributed by atoms with Crippen LogP contribution in [-0.4, -0.2) is 216 Å². The zero-order valence-corrected chi connectivity index (χ0v) is 24.9. The van der Waals surface area contributed by atoms with Crippen LogP contribution in [0.15, 0.2) is 0 Å². The van der Waals surface area contributed by atoms with Gasteiger partial charge in [0.25, 0.3) is 0 Å². The van der Waals surface area contributed by atoms with Crippen LogP contribution in [0.5, 0.6) is 0 Å². The SMILES string of the molecule is C.C.OC[C@@H]1CC[C@@H](O)[C@H](O)[C@H]1O.OC[C@@H]1OC(O)[C@@H](O)[C@H](O)[C@H]1O.OC[C@H]1CC[C@H](O)[C@@H](O)[C@@H]1O.OC[C@H]1OC(O)[C@H](O)[C@@H](O)[C@@H]1O. The van der Waals surface area contributed by atoms with Gasteiger partial charge in [0, 0.05) is 25.0 Å². The highest BCUT2D eigenvalue weighted by Gasteiger charge is 2.43. The maximum atomic E-state index is 9.24. The third-order valence-corrected chi connectivity index (χ3v) is 8.32. The molecule has 2 saturated carbocycles. The second-order valence-electron chi connectivity index (χ2n) is 11.6. The van der Waals surface area contributed by atoms with Crippen LogP contribution in [0.2, 0.25) is 0 Å². The van der Waals surface area contributed by atoms with Gasteiger partial charge >= 0.3 is 0 Å². The smallest absolute Gasteiger partial charge is 0.184 e. The molecule has 2 saturated heterocycles. The molecule has 0 spiro atoms. The van der Waals surface area contributed by atoms with Crippen LogP contribution in [0.3, 0.4) is 0 Å². The van der Waals surface area contributed by atoms with E-state index in [0.717, 1.165) is 0 Å². The molecular weight excluding hydrogens is 656 g/mol. The summed E-state index contributed by atoms with van der Waals surface area (Å²) in [6.45, 7) is -1.32. The second-order valence-corrected chi connectivity index (χ2v) is 11.6. The van der Waals surface area contributed by atoms with E-state index in [2.05, 4.69) is 9.47 Å². The molecule has 0 radical (unpaired) electrons. The first-order valence-corrected chi connectivity index (χ1v) is 14.8. The average Bonchev–Trinajstić information content (AvgIpc) is 3.05. The van der Waals surface area contributed by atoms with Crippen molar-refractivity contribution < 1.29 is 101 Å². The third kappa shape index (κ3) is 13.4. The second kappa shape index (κ2) is 23.6. The minimum atomic E-state index is -1.57. The Morgan fingerprint density at radius 3 is 0.875 bits per heavy atom. The molecule has 0 aromatic carbocycles. The lowest BCUT2D eigenvalue weighted by Crippen LogP contribution is -2.58. The van der Waals surface area contributed by atoms with Crippen LogP contribution in [0, 0.1) is 11.8 Å². The summed E-state index contributed by atoms with van der Waals surface area (Å²) in [4.78, 5) is 0. The normalized spacial score (nSPS) is 45.6. The highest BCUT2D eigenvalue weighted by atomic mass is 16.6. The van der Waals surface area contributed by atoms with Gasteiger partial charge < -0.3 is 101 Å². The number of aliphatic hydroxyl groups is 18. The maximum absolute atomic E-state index is 9.24. The van der Waals surface area contributed by atoms with Crippen molar-refractivity contribution in [2.45, 2.75) is 139 Å². The van der Waals surface area contributed by atoms with E-state index in [4.69, 9.17) is 81.7 Å². The molecule has 2 aliphatic carbocycles. The zero-order valence-electron chi connectivity index (χ0n) is 24.9. The summed E-state index contributed by atoms with van der Waals surface area (Å²) in [5.41, 5.74) is 0. The number of rotatable bonds is 4. The zero-order chi connectivity index (χ0) is 35.5. The molecule has 20 heteroatoms. The molecule has 18 atom stereocenters. The number of hydrogen-bond acceptors (Lipinski definition) is 20. The van der Waals surface area contributed by atoms with Crippen molar-refractivity contribution >= 4 is 0 Å². The quantitative estimate of drug-likeness (QED) is 0.128. The van der Waals surface area contributed by atoms with Crippen LogP contribution < -0.4 is 0 Å². The molecule has 20 nitrogen and oxygen atoms in total. The molecule has 4 fully saturated rings. The first kappa shape index (κ1) is 49.3. The Bertz CT molecular complexity index is 738. The van der Waals surface area contributed by atoms with E-state index in [-0.39, 0.29) is 39.9 Å². The van der Waals surface area contributed by atoms with Crippen LogP contribution >= 0.6 is 0 Å². The predicted octanol–water partition coefficient (Wildman–Crippen LogP) is -8.23. The van der Waals surface area contributed by atoms with Crippen LogP contribution in [0.1, 0.15) is 40.5 Å². The largest absolute Gasteiger partial charge is 0.396 e. The Hall–Kier alpha value is -0.800. The van der Waals surface area contributed by atoms with Gasteiger partial charge in [0.05, 0.1) is 37.6 Å². The Kier molecular flexibility index (Phi) is 24.3. The van der Waals surface area contributed by atoms with Gasteiger partial charge in [-0.05, 0) is 25.7 Å². The Morgan fingerprint density at radius 1 is 0.333 bits per heavy atom. The van der Waals surface area contributed by atoms with Crippen molar-refractivity contribution in [3.05, 3.63) is 0 Å². The number of hydrogen-bond donors (Lipinski definition) is 18. The highest BCUT2D eigenvalue weighted by Crippen LogP contribution is 2.26. The Balaban J connectivity index is 0. The first-order chi connectivity index (χ1) is 21.5. The van der Waals surface area contributed by atoms with E-state index in [1.165, 1.54) is 0 Å². The predicted molar refractivity (Wildman–Crippen MR) is 161 cm³/mol. The van der Waals surface area contributed by atoms with E-state index in [1.807, 2.05) is 0 Å². The first-order valence-electron chi connectivity index (χ1n) is 14.8. The Morgan fingerprint density at radius 2 is 0.625 bits per heavy atom. The van der Waals surface area contributed by atoms with Gasteiger partial charge in [0.2, 0.25) is 0 Å². The molecule has 2 unspecified atom stereocenters.